The highest BCUT2D eigenvalue weighted by Crippen LogP contribution is 2.30. The molecular formula is C12H9NO3. The van der Waals surface area contributed by atoms with Gasteiger partial charge in [-0.3, -0.25) is 0 Å². The minimum atomic E-state index is -1.04. The zero-order chi connectivity index (χ0) is 11.3. The Bertz CT molecular complexity index is 706. The van der Waals surface area contributed by atoms with Crippen LogP contribution in [0.4, 0.5) is 0 Å². The smallest absolute Gasteiger partial charge is 0.371 e. The van der Waals surface area contributed by atoms with Gasteiger partial charge in [-0.25, -0.2) is 4.79 Å². The van der Waals surface area contributed by atoms with Crippen molar-refractivity contribution in [1.82, 2.24) is 4.98 Å². The van der Waals surface area contributed by atoms with Crippen LogP contribution in [0.5, 0.6) is 0 Å². The number of nitrogens with one attached hydrogen (secondary N) is 1. The molecule has 0 fully saturated rings. The lowest BCUT2D eigenvalue weighted by molar-refractivity contribution is 0.0665. The van der Waals surface area contributed by atoms with Crippen molar-refractivity contribution in [3.05, 3.63) is 35.7 Å². The molecule has 2 aromatic heterocycles. The number of carbonyl (C=O) groups is 1. The molecule has 0 saturated carbocycles. The van der Waals surface area contributed by atoms with E-state index in [1.807, 2.05) is 25.3 Å². The van der Waals surface area contributed by atoms with E-state index in [2.05, 4.69) is 4.98 Å². The van der Waals surface area contributed by atoms with Crippen LogP contribution in [0.25, 0.3) is 21.9 Å². The molecule has 2 heterocycles. The van der Waals surface area contributed by atoms with Gasteiger partial charge in [0.2, 0.25) is 5.76 Å². The van der Waals surface area contributed by atoms with E-state index in [0.717, 1.165) is 21.9 Å². The summed E-state index contributed by atoms with van der Waals surface area (Å²) in [6, 6.07) is 5.32. The second-order valence-corrected chi connectivity index (χ2v) is 3.79. The number of carboxylic acids is 1. The molecule has 4 nitrogen and oxygen atoms in total. The van der Waals surface area contributed by atoms with Crippen molar-refractivity contribution in [2.75, 3.05) is 0 Å². The highest BCUT2D eigenvalue weighted by Gasteiger charge is 2.14. The van der Waals surface area contributed by atoms with E-state index in [1.54, 1.807) is 6.07 Å². The van der Waals surface area contributed by atoms with Crippen LogP contribution in [0.1, 0.15) is 16.1 Å². The largest absolute Gasteiger partial charge is 0.475 e. The summed E-state index contributed by atoms with van der Waals surface area (Å²) in [6.07, 6.45) is 1.88. The number of hydrogen-bond donors (Lipinski definition) is 2. The van der Waals surface area contributed by atoms with Crippen molar-refractivity contribution < 1.29 is 14.3 Å². The highest BCUT2D eigenvalue weighted by molar-refractivity contribution is 6.06. The predicted octanol–water partition coefficient (Wildman–Crippen LogP) is 2.92. The topological polar surface area (TPSA) is 66.2 Å². The van der Waals surface area contributed by atoms with Gasteiger partial charge in [-0.2, -0.15) is 0 Å². The van der Waals surface area contributed by atoms with E-state index >= 15 is 0 Å². The Labute approximate surface area is 90.5 Å². The minimum Gasteiger partial charge on any atom is -0.475 e. The van der Waals surface area contributed by atoms with Gasteiger partial charge in [-0.1, -0.05) is 0 Å². The van der Waals surface area contributed by atoms with Crippen LogP contribution < -0.4 is 0 Å². The fourth-order valence-corrected chi connectivity index (χ4v) is 1.98. The van der Waals surface area contributed by atoms with E-state index in [1.165, 1.54) is 0 Å². The van der Waals surface area contributed by atoms with Gasteiger partial charge in [0.1, 0.15) is 5.58 Å². The second kappa shape index (κ2) is 2.88. The number of furan rings is 1. The summed E-state index contributed by atoms with van der Waals surface area (Å²) in [4.78, 5) is 13.9. The molecule has 0 aliphatic rings. The highest BCUT2D eigenvalue weighted by atomic mass is 16.4. The average Bonchev–Trinajstić information content (AvgIpc) is 2.81. The number of H-pyrrole nitrogens is 1. The maximum absolute atomic E-state index is 10.8. The molecule has 0 atom stereocenters. The molecule has 0 saturated heterocycles. The third-order valence-corrected chi connectivity index (χ3v) is 2.74. The molecule has 80 valence electrons. The van der Waals surface area contributed by atoms with Crippen LogP contribution in [0.3, 0.4) is 0 Å². The van der Waals surface area contributed by atoms with Gasteiger partial charge in [-0.05, 0) is 30.7 Å². The third kappa shape index (κ3) is 1.07. The molecule has 4 heteroatoms. The number of rotatable bonds is 1. The fourth-order valence-electron chi connectivity index (χ4n) is 1.98. The molecule has 3 aromatic rings. The lowest BCUT2D eigenvalue weighted by Gasteiger charge is -1.93. The molecule has 0 spiro atoms. The zero-order valence-corrected chi connectivity index (χ0v) is 8.57. The minimum absolute atomic E-state index is 0.0249. The van der Waals surface area contributed by atoms with Gasteiger partial charge in [-0.15, -0.1) is 0 Å². The van der Waals surface area contributed by atoms with Crippen LogP contribution >= 0.6 is 0 Å². The zero-order valence-electron chi connectivity index (χ0n) is 8.57. The van der Waals surface area contributed by atoms with E-state index in [9.17, 15) is 4.79 Å². The summed E-state index contributed by atoms with van der Waals surface area (Å²) in [5.74, 6) is -1.07. The molecule has 0 aliphatic carbocycles. The Morgan fingerprint density at radius 1 is 1.44 bits per heavy atom. The predicted molar refractivity (Wildman–Crippen MR) is 59.8 cm³/mol. The van der Waals surface area contributed by atoms with Gasteiger partial charge in [0.25, 0.3) is 0 Å². The average molecular weight is 215 g/mol. The van der Waals surface area contributed by atoms with Crippen molar-refractivity contribution in [3.8, 4) is 0 Å². The first-order valence-corrected chi connectivity index (χ1v) is 4.90. The molecule has 16 heavy (non-hydrogen) atoms. The molecule has 0 bridgehead atoms. The number of carboxylic acid groups (broad SMARTS) is 1. The number of aromatic carboxylic acids is 1. The third-order valence-electron chi connectivity index (χ3n) is 2.74. The monoisotopic (exact) mass is 215 g/mol. The Kier molecular flexibility index (Phi) is 1.63. The summed E-state index contributed by atoms with van der Waals surface area (Å²) >= 11 is 0. The lowest BCUT2D eigenvalue weighted by Crippen LogP contribution is -1.91. The number of aromatic nitrogens is 1. The van der Waals surface area contributed by atoms with Crippen molar-refractivity contribution in [2.45, 2.75) is 6.92 Å². The summed E-state index contributed by atoms with van der Waals surface area (Å²) < 4.78 is 5.36. The van der Waals surface area contributed by atoms with Gasteiger partial charge >= 0.3 is 5.97 Å². The normalized spacial score (nSPS) is 11.3. The Morgan fingerprint density at radius 2 is 2.25 bits per heavy atom. The van der Waals surface area contributed by atoms with Gasteiger partial charge < -0.3 is 14.5 Å². The fraction of sp³-hybridized carbons (Fsp3) is 0.0833. The molecule has 3 rings (SSSR count). The molecule has 0 unspecified atom stereocenters. The summed E-state index contributed by atoms with van der Waals surface area (Å²) in [7, 11) is 0. The van der Waals surface area contributed by atoms with Crippen LogP contribution in [-0.2, 0) is 0 Å². The summed E-state index contributed by atoms with van der Waals surface area (Å²) in [6.45, 7) is 1.96. The van der Waals surface area contributed by atoms with E-state index in [0.29, 0.717) is 5.58 Å². The molecular weight excluding hydrogens is 206 g/mol. The Hall–Kier alpha value is -2.23. The lowest BCUT2D eigenvalue weighted by atomic mass is 10.1. The van der Waals surface area contributed by atoms with Crippen molar-refractivity contribution in [3.63, 3.8) is 0 Å². The molecule has 0 aliphatic heterocycles. The summed E-state index contributed by atoms with van der Waals surface area (Å²) in [5, 5.41) is 10.6. The van der Waals surface area contributed by atoms with Gasteiger partial charge in [0, 0.05) is 22.5 Å². The molecule has 1 aromatic carbocycles. The van der Waals surface area contributed by atoms with E-state index < -0.39 is 5.97 Å². The maximum Gasteiger partial charge on any atom is 0.371 e. The van der Waals surface area contributed by atoms with Crippen molar-refractivity contribution in [2.24, 2.45) is 0 Å². The van der Waals surface area contributed by atoms with Crippen LogP contribution in [0.2, 0.25) is 0 Å². The van der Waals surface area contributed by atoms with Crippen LogP contribution in [0.15, 0.2) is 28.8 Å². The van der Waals surface area contributed by atoms with Crippen molar-refractivity contribution >= 4 is 27.8 Å². The van der Waals surface area contributed by atoms with E-state index in [4.69, 9.17) is 9.52 Å². The quantitative estimate of drug-likeness (QED) is 0.655. The summed E-state index contributed by atoms with van der Waals surface area (Å²) in [5.41, 5.74) is 2.64. The van der Waals surface area contributed by atoms with Gasteiger partial charge in [0.05, 0.1) is 0 Å². The maximum atomic E-state index is 10.8. The number of hydrogen-bond acceptors (Lipinski definition) is 2. The number of benzene rings is 1. The first-order valence-electron chi connectivity index (χ1n) is 4.90. The van der Waals surface area contributed by atoms with Crippen LogP contribution in [-0.4, -0.2) is 16.1 Å². The second-order valence-electron chi connectivity index (χ2n) is 3.79. The number of fused-ring (bicyclic) bond motifs is 3. The molecule has 0 amide bonds. The Morgan fingerprint density at radius 3 is 3.00 bits per heavy atom. The SMILES string of the molecule is Cc1c[nH]c2ccc3cc(C(=O)O)oc3c12. The Balaban J connectivity index is 2.49. The first-order chi connectivity index (χ1) is 7.66. The van der Waals surface area contributed by atoms with Crippen molar-refractivity contribution in [1.29, 1.82) is 0 Å². The standard InChI is InChI=1S/C12H9NO3/c1-6-5-13-8-3-2-7-4-9(12(14)15)16-11(7)10(6)8/h2-5,13H,1H3,(H,14,15). The van der Waals surface area contributed by atoms with Crippen LogP contribution in [0, 0.1) is 6.92 Å². The van der Waals surface area contributed by atoms with E-state index in [-0.39, 0.29) is 5.76 Å². The number of aryl methyl sites for hydroxylation is 1. The first kappa shape index (κ1) is 9.03. The van der Waals surface area contributed by atoms with Gasteiger partial charge in [0.15, 0.2) is 0 Å². The molecule has 0 radical (unpaired) electrons. The molecule has 2 N–H and O–H groups in total. The number of aromatic amines is 1.